The lowest BCUT2D eigenvalue weighted by molar-refractivity contribution is 0.275. The summed E-state index contributed by atoms with van der Waals surface area (Å²) in [6.45, 7) is 18.7. The monoisotopic (exact) mass is 364 g/mol. The molecule has 0 aliphatic carbocycles. The molecule has 146 valence electrons. The molecular weight excluding hydrogens is 328 g/mol. The number of nitrogens with one attached hydrogen (secondary N) is 1. The van der Waals surface area contributed by atoms with E-state index in [0.717, 1.165) is 45.6 Å². The number of nitrogens with zero attached hydrogens (tertiary/aromatic N) is 1. The molecule has 2 heterocycles. The smallest absolute Gasteiger partial charge is 0.0236 e. The zero-order valence-corrected chi connectivity index (χ0v) is 17.6. The third-order valence-electron chi connectivity index (χ3n) is 6.28. The maximum Gasteiger partial charge on any atom is 0.0236 e. The van der Waals surface area contributed by atoms with Gasteiger partial charge < -0.3 is 5.32 Å². The van der Waals surface area contributed by atoms with Gasteiger partial charge in [-0.3, -0.25) is 4.90 Å². The summed E-state index contributed by atoms with van der Waals surface area (Å²) in [6, 6.07) is 7.13. The van der Waals surface area contributed by atoms with E-state index in [1.54, 1.807) is 5.56 Å². The van der Waals surface area contributed by atoms with Crippen molar-refractivity contribution < 1.29 is 0 Å². The van der Waals surface area contributed by atoms with Crippen LogP contribution in [0.1, 0.15) is 56.7 Å². The molecule has 1 unspecified atom stereocenters. The van der Waals surface area contributed by atoms with E-state index < -0.39 is 0 Å². The van der Waals surface area contributed by atoms with Crippen molar-refractivity contribution in [3.63, 3.8) is 0 Å². The van der Waals surface area contributed by atoms with Crippen LogP contribution >= 0.6 is 0 Å². The van der Waals surface area contributed by atoms with Gasteiger partial charge in [-0.25, -0.2) is 0 Å². The molecule has 1 aromatic carbocycles. The molecule has 1 atom stereocenters. The standard InChI is InChI=1S/C25H36N2/c1-6-21-10-12-27(17-25(21)13-19(4)18(2)3)16-20(5)22-7-8-24-15-26-11-9-23(24)14-22/h6-8,13-14,18,20,26H,1,9-12,15-17H2,2-5H3/b19-13+. The van der Waals surface area contributed by atoms with Crippen LogP contribution in [-0.2, 0) is 13.0 Å². The fourth-order valence-corrected chi connectivity index (χ4v) is 4.13. The van der Waals surface area contributed by atoms with Crippen LogP contribution < -0.4 is 5.32 Å². The van der Waals surface area contributed by atoms with Gasteiger partial charge in [0.25, 0.3) is 0 Å². The van der Waals surface area contributed by atoms with E-state index in [1.165, 1.54) is 27.8 Å². The molecule has 27 heavy (non-hydrogen) atoms. The highest BCUT2D eigenvalue weighted by Crippen LogP contribution is 2.27. The van der Waals surface area contributed by atoms with Gasteiger partial charge in [-0.1, -0.05) is 63.3 Å². The van der Waals surface area contributed by atoms with E-state index >= 15 is 0 Å². The summed E-state index contributed by atoms with van der Waals surface area (Å²) in [6.07, 6.45) is 6.75. The van der Waals surface area contributed by atoms with Gasteiger partial charge in [0.05, 0.1) is 0 Å². The molecule has 2 aliphatic rings. The van der Waals surface area contributed by atoms with E-state index in [1.807, 2.05) is 0 Å². The van der Waals surface area contributed by atoms with Crippen LogP contribution in [0.3, 0.4) is 0 Å². The first-order valence-corrected chi connectivity index (χ1v) is 10.5. The summed E-state index contributed by atoms with van der Waals surface area (Å²) in [4.78, 5) is 2.62. The molecule has 1 N–H and O–H groups in total. The molecule has 0 fully saturated rings. The van der Waals surface area contributed by atoms with E-state index in [0.29, 0.717) is 11.8 Å². The molecule has 0 spiro atoms. The van der Waals surface area contributed by atoms with E-state index in [9.17, 15) is 0 Å². The second-order valence-electron chi connectivity index (χ2n) is 8.64. The Balaban J connectivity index is 1.70. The molecule has 3 rings (SSSR count). The van der Waals surface area contributed by atoms with Crippen molar-refractivity contribution in [1.29, 1.82) is 0 Å². The van der Waals surface area contributed by atoms with Crippen LogP contribution in [0.2, 0.25) is 0 Å². The zero-order chi connectivity index (χ0) is 19.4. The SMILES string of the molecule is C=CC1=C(/C=C(\C)C(C)C)CN(CC(C)c2ccc3c(c2)CCNC3)CC1. The zero-order valence-electron chi connectivity index (χ0n) is 17.6. The minimum Gasteiger partial charge on any atom is -0.312 e. The minimum atomic E-state index is 0.562. The molecule has 2 aliphatic heterocycles. The van der Waals surface area contributed by atoms with Crippen molar-refractivity contribution >= 4 is 0 Å². The van der Waals surface area contributed by atoms with Crippen LogP contribution in [0.15, 0.2) is 53.6 Å². The quantitative estimate of drug-likeness (QED) is 0.744. The van der Waals surface area contributed by atoms with E-state index in [4.69, 9.17) is 0 Å². The van der Waals surface area contributed by atoms with Crippen molar-refractivity contribution in [2.45, 2.75) is 53.0 Å². The summed E-state index contributed by atoms with van der Waals surface area (Å²) in [5, 5.41) is 3.47. The summed E-state index contributed by atoms with van der Waals surface area (Å²) in [5.41, 5.74) is 8.87. The summed E-state index contributed by atoms with van der Waals surface area (Å²) in [5.74, 6) is 1.16. The topological polar surface area (TPSA) is 15.3 Å². The average Bonchev–Trinajstić information content (AvgIpc) is 2.67. The fourth-order valence-electron chi connectivity index (χ4n) is 4.13. The van der Waals surface area contributed by atoms with Crippen molar-refractivity contribution in [2.24, 2.45) is 5.92 Å². The van der Waals surface area contributed by atoms with Crippen LogP contribution in [0.5, 0.6) is 0 Å². The molecule has 0 aromatic heterocycles. The molecule has 0 saturated heterocycles. The molecule has 0 saturated carbocycles. The summed E-state index contributed by atoms with van der Waals surface area (Å²) in [7, 11) is 0. The number of fused-ring (bicyclic) bond motifs is 1. The van der Waals surface area contributed by atoms with Gasteiger partial charge in [0.1, 0.15) is 0 Å². The predicted molar refractivity (Wildman–Crippen MR) is 117 cm³/mol. The lowest BCUT2D eigenvalue weighted by Crippen LogP contribution is -2.34. The predicted octanol–water partition coefficient (Wildman–Crippen LogP) is 5.23. The number of rotatable bonds is 6. The Labute approximate surface area is 166 Å². The van der Waals surface area contributed by atoms with Gasteiger partial charge in [-0.05, 0) is 66.0 Å². The highest BCUT2D eigenvalue weighted by atomic mass is 15.1. The Morgan fingerprint density at radius 3 is 2.74 bits per heavy atom. The van der Waals surface area contributed by atoms with Crippen LogP contribution in [0, 0.1) is 5.92 Å². The Morgan fingerprint density at radius 1 is 1.19 bits per heavy atom. The number of benzene rings is 1. The van der Waals surface area contributed by atoms with Crippen molar-refractivity contribution in [1.82, 2.24) is 10.2 Å². The molecule has 0 amide bonds. The van der Waals surface area contributed by atoms with Gasteiger partial charge >= 0.3 is 0 Å². The first-order chi connectivity index (χ1) is 13.0. The van der Waals surface area contributed by atoms with Gasteiger partial charge in [0.2, 0.25) is 0 Å². The summed E-state index contributed by atoms with van der Waals surface area (Å²) >= 11 is 0. The van der Waals surface area contributed by atoms with Gasteiger partial charge in [-0.15, -0.1) is 0 Å². The van der Waals surface area contributed by atoms with Crippen molar-refractivity contribution in [2.75, 3.05) is 26.2 Å². The molecule has 2 heteroatoms. The normalized spacial score (nSPS) is 20.0. The third kappa shape index (κ3) is 5.00. The third-order valence-corrected chi connectivity index (χ3v) is 6.28. The van der Waals surface area contributed by atoms with Crippen LogP contribution in [-0.4, -0.2) is 31.1 Å². The largest absolute Gasteiger partial charge is 0.312 e. The molecule has 0 radical (unpaired) electrons. The highest BCUT2D eigenvalue weighted by Gasteiger charge is 2.20. The molecule has 2 nitrogen and oxygen atoms in total. The number of allylic oxidation sites excluding steroid dienone is 2. The molecule has 1 aromatic rings. The Kier molecular flexibility index (Phi) is 6.73. The first-order valence-electron chi connectivity index (χ1n) is 10.5. The van der Waals surface area contributed by atoms with E-state index in [-0.39, 0.29) is 0 Å². The second-order valence-corrected chi connectivity index (χ2v) is 8.64. The van der Waals surface area contributed by atoms with Gasteiger partial charge in [0, 0.05) is 26.2 Å². The van der Waals surface area contributed by atoms with Crippen molar-refractivity contribution in [3.05, 3.63) is 70.3 Å². The lowest BCUT2D eigenvalue weighted by Gasteiger charge is -2.32. The lowest BCUT2D eigenvalue weighted by atomic mass is 9.91. The second kappa shape index (κ2) is 9.03. The van der Waals surface area contributed by atoms with Gasteiger partial charge in [0.15, 0.2) is 0 Å². The fraction of sp³-hybridized carbons (Fsp3) is 0.520. The van der Waals surface area contributed by atoms with E-state index in [2.05, 4.69) is 74.8 Å². The highest BCUT2D eigenvalue weighted by molar-refractivity contribution is 5.38. The number of hydrogen-bond donors (Lipinski definition) is 1. The molecule has 0 bridgehead atoms. The first kappa shape index (κ1) is 20.1. The molecular formula is C25H36N2. The number of hydrogen-bond acceptors (Lipinski definition) is 2. The van der Waals surface area contributed by atoms with Gasteiger partial charge in [-0.2, -0.15) is 0 Å². The van der Waals surface area contributed by atoms with Crippen LogP contribution in [0.4, 0.5) is 0 Å². The maximum absolute atomic E-state index is 4.05. The minimum absolute atomic E-state index is 0.562. The summed E-state index contributed by atoms with van der Waals surface area (Å²) < 4.78 is 0. The maximum atomic E-state index is 4.05. The average molecular weight is 365 g/mol. The van der Waals surface area contributed by atoms with Crippen LogP contribution in [0.25, 0.3) is 0 Å². The Morgan fingerprint density at radius 2 is 2.00 bits per heavy atom. The van der Waals surface area contributed by atoms with Crippen molar-refractivity contribution in [3.8, 4) is 0 Å². The Bertz CT molecular complexity index is 739. The Hall–Kier alpha value is -1.64.